The first-order chi connectivity index (χ1) is 9.78. The first-order valence-electron chi connectivity index (χ1n) is 6.05. The maximum absolute atomic E-state index is 8.95. The summed E-state index contributed by atoms with van der Waals surface area (Å²) in [6, 6.07) is 18.7. The minimum Gasteiger partial charge on any atom is -0.276 e. The summed E-state index contributed by atoms with van der Waals surface area (Å²) in [4.78, 5) is 0. The third kappa shape index (κ3) is 4.03. The van der Waals surface area contributed by atoms with Crippen LogP contribution in [0.3, 0.4) is 0 Å². The molecule has 0 saturated heterocycles. The number of nitrogens with one attached hydrogen (secondary N) is 1. The smallest absolute Gasteiger partial charge is 0.270 e. The van der Waals surface area contributed by atoms with E-state index in [4.69, 9.17) is 5.26 Å². The molecule has 0 amide bonds. The van der Waals surface area contributed by atoms with Crippen LogP contribution in [-0.2, 0) is 0 Å². The Bertz CT molecular complexity index is 651. The highest BCUT2D eigenvalue weighted by Gasteiger charge is 1.95. The van der Waals surface area contributed by atoms with E-state index in [2.05, 4.69) is 20.8 Å². The van der Waals surface area contributed by atoms with Crippen LogP contribution in [0.5, 0.6) is 0 Å². The zero-order valence-electron chi connectivity index (χ0n) is 11.0. The fourth-order valence-electron chi connectivity index (χ4n) is 1.42. The molecule has 0 aliphatic heterocycles. The molecule has 20 heavy (non-hydrogen) atoms. The van der Waals surface area contributed by atoms with Gasteiger partial charge in [0.05, 0.1) is 11.4 Å². The van der Waals surface area contributed by atoms with Crippen molar-refractivity contribution in [1.82, 2.24) is 0 Å². The molecule has 0 aliphatic carbocycles. The van der Waals surface area contributed by atoms with Crippen molar-refractivity contribution >= 4 is 17.2 Å². The van der Waals surface area contributed by atoms with Gasteiger partial charge in [-0.2, -0.15) is 5.26 Å². The molecular weight excluding hydrogens is 250 g/mol. The molecule has 0 unspecified atom stereocenters. The Hall–Kier alpha value is -3.00. The van der Waals surface area contributed by atoms with Crippen molar-refractivity contribution in [3.05, 3.63) is 60.2 Å². The Morgan fingerprint density at radius 1 is 1.05 bits per heavy atom. The average Bonchev–Trinajstić information content (AvgIpc) is 2.50. The van der Waals surface area contributed by atoms with E-state index >= 15 is 0 Å². The van der Waals surface area contributed by atoms with E-state index in [0.717, 1.165) is 11.3 Å². The zero-order chi connectivity index (χ0) is 14.2. The highest BCUT2D eigenvalue weighted by Crippen LogP contribution is 2.13. The van der Waals surface area contributed by atoms with Gasteiger partial charge in [-0.05, 0) is 31.2 Å². The number of anilines is 1. The van der Waals surface area contributed by atoms with Gasteiger partial charge in [0.15, 0.2) is 0 Å². The standard InChI is InChI=1S/C15H13N5/c1-12-7-9-14(10-8-12)18-20-15(11-16)19-17-13-5-3-2-4-6-13/h2-10,17H,1H3/b19-15+,20-18?. The van der Waals surface area contributed by atoms with Crippen LogP contribution in [0.25, 0.3) is 0 Å². The van der Waals surface area contributed by atoms with Crippen LogP contribution < -0.4 is 5.43 Å². The van der Waals surface area contributed by atoms with E-state index in [1.54, 1.807) is 0 Å². The predicted molar refractivity (Wildman–Crippen MR) is 78.8 cm³/mol. The van der Waals surface area contributed by atoms with E-state index < -0.39 is 0 Å². The zero-order valence-corrected chi connectivity index (χ0v) is 11.0. The van der Waals surface area contributed by atoms with E-state index in [-0.39, 0.29) is 5.84 Å². The van der Waals surface area contributed by atoms with E-state index in [1.807, 2.05) is 67.6 Å². The van der Waals surface area contributed by atoms with Crippen LogP contribution in [0.4, 0.5) is 11.4 Å². The number of hydrazone groups is 1. The molecule has 0 aliphatic rings. The lowest BCUT2D eigenvalue weighted by molar-refractivity contribution is 1.23. The first kappa shape index (κ1) is 13.4. The topological polar surface area (TPSA) is 72.9 Å². The van der Waals surface area contributed by atoms with Crippen LogP contribution in [0, 0.1) is 18.3 Å². The van der Waals surface area contributed by atoms with Gasteiger partial charge in [0.25, 0.3) is 5.84 Å². The second-order valence-corrected chi connectivity index (χ2v) is 4.06. The Labute approximate surface area is 117 Å². The summed E-state index contributed by atoms with van der Waals surface area (Å²) in [7, 11) is 0. The Kier molecular flexibility index (Phi) is 4.57. The molecule has 2 aromatic rings. The average molecular weight is 263 g/mol. The van der Waals surface area contributed by atoms with Crippen LogP contribution in [0.2, 0.25) is 0 Å². The summed E-state index contributed by atoms with van der Waals surface area (Å²) in [6.45, 7) is 1.99. The quantitative estimate of drug-likeness (QED) is 0.393. The summed E-state index contributed by atoms with van der Waals surface area (Å²) < 4.78 is 0. The van der Waals surface area contributed by atoms with Gasteiger partial charge in [-0.3, -0.25) is 5.43 Å². The lowest BCUT2D eigenvalue weighted by Crippen LogP contribution is -1.95. The van der Waals surface area contributed by atoms with Crippen molar-refractivity contribution in [3.63, 3.8) is 0 Å². The van der Waals surface area contributed by atoms with Gasteiger partial charge in [-0.25, -0.2) is 0 Å². The number of nitrogens with zero attached hydrogens (tertiary/aromatic N) is 4. The first-order valence-corrected chi connectivity index (χ1v) is 6.05. The number of rotatable bonds is 3. The molecular formula is C15H13N5. The molecule has 0 heterocycles. The van der Waals surface area contributed by atoms with Crippen molar-refractivity contribution in [2.45, 2.75) is 6.92 Å². The second kappa shape index (κ2) is 6.81. The normalized spacial score (nSPS) is 11.3. The van der Waals surface area contributed by atoms with Crippen molar-refractivity contribution in [2.24, 2.45) is 15.3 Å². The SMILES string of the molecule is Cc1ccc(N=N/C(C#N)=N/Nc2ccccc2)cc1. The van der Waals surface area contributed by atoms with Gasteiger partial charge in [-0.15, -0.1) is 15.3 Å². The number of nitriles is 1. The molecule has 2 rings (SSSR count). The van der Waals surface area contributed by atoms with E-state index in [0.29, 0.717) is 5.69 Å². The van der Waals surface area contributed by atoms with Crippen molar-refractivity contribution in [2.75, 3.05) is 5.43 Å². The lowest BCUT2D eigenvalue weighted by atomic mass is 10.2. The van der Waals surface area contributed by atoms with Gasteiger partial charge in [0, 0.05) is 0 Å². The number of benzene rings is 2. The molecule has 0 fully saturated rings. The monoisotopic (exact) mass is 263 g/mol. The fraction of sp³-hybridized carbons (Fsp3) is 0.0667. The Morgan fingerprint density at radius 3 is 2.40 bits per heavy atom. The molecule has 98 valence electrons. The van der Waals surface area contributed by atoms with Crippen LogP contribution >= 0.6 is 0 Å². The molecule has 0 spiro atoms. The summed E-state index contributed by atoms with van der Waals surface area (Å²) in [5.74, 6) is -0.0329. The van der Waals surface area contributed by atoms with Crippen LogP contribution in [-0.4, -0.2) is 5.84 Å². The molecule has 2 aromatic carbocycles. The molecule has 0 saturated carbocycles. The number of azo groups is 1. The minimum absolute atomic E-state index is 0.0329. The number of hydrogen-bond acceptors (Lipinski definition) is 4. The van der Waals surface area contributed by atoms with Gasteiger partial charge in [0.2, 0.25) is 0 Å². The predicted octanol–water partition coefficient (Wildman–Crippen LogP) is 4.03. The second-order valence-electron chi connectivity index (χ2n) is 4.06. The van der Waals surface area contributed by atoms with Crippen molar-refractivity contribution < 1.29 is 0 Å². The number of amidine groups is 1. The highest BCUT2D eigenvalue weighted by molar-refractivity contribution is 5.97. The minimum atomic E-state index is -0.0329. The third-order valence-electron chi connectivity index (χ3n) is 2.46. The summed E-state index contributed by atoms with van der Waals surface area (Å²) in [5, 5.41) is 20.6. The maximum Gasteiger partial charge on any atom is 0.270 e. The maximum atomic E-state index is 8.95. The molecule has 5 nitrogen and oxygen atoms in total. The highest BCUT2D eigenvalue weighted by atomic mass is 15.3. The van der Waals surface area contributed by atoms with Crippen LogP contribution in [0.15, 0.2) is 69.9 Å². The molecule has 1 N–H and O–H groups in total. The van der Waals surface area contributed by atoms with Gasteiger partial charge >= 0.3 is 0 Å². The third-order valence-corrected chi connectivity index (χ3v) is 2.46. The largest absolute Gasteiger partial charge is 0.276 e. The molecule has 0 atom stereocenters. The van der Waals surface area contributed by atoms with Crippen molar-refractivity contribution in [3.8, 4) is 6.07 Å². The Balaban J connectivity index is 2.05. The van der Waals surface area contributed by atoms with E-state index in [9.17, 15) is 0 Å². The van der Waals surface area contributed by atoms with E-state index in [1.165, 1.54) is 0 Å². The van der Waals surface area contributed by atoms with Gasteiger partial charge < -0.3 is 0 Å². The van der Waals surface area contributed by atoms with Gasteiger partial charge in [0.1, 0.15) is 6.07 Å². The molecule has 0 radical (unpaired) electrons. The summed E-state index contributed by atoms with van der Waals surface area (Å²) in [5.41, 5.74) is 5.36. The summed E-state index contributed by atoms with van der Waals surface area (Å²) >= 11 is 0. The fourth-order valence-corrected chi connectivity index (χ4v) is 1.42. The summed E-state index contributed by atoms with van der Waals surface area (Å²) in [6.07, 6.45) is 0. The molecule has 0 bridgehead atoms. The Morgan fingerprint density at radius 2 is 1.75 bits per heavy atom. The number of hydrogen-bond donors (Lipinski definition) is 1. The van der Waals surface area contributed by atoms with Gasteiger partial charge in [-0.1, -0.05) is 35.9 Å². The molecule has 0 aromatic heterocycles. The lowest BCUT2D eigenvalue weighted by Gasteiger charge is -1.97. The van der Waals surface area contributed by atoms with Crippen molar-refractivity contribution in [1.29, 1.82) is 5.26 Å². The number of para-hydroxylation sites is 1. The number of aryl methyl sites for hydroxylation is 1. The molecule has 5 heteroatoms. The van der Waals surface area contributed by atoms with Crippen LogP contribution in [0.1, 0.15) is 5.56 Å².